The van der Waals surface area contributed by atoms with Gasteiger partial charge in [-0.15, -0.1) is 0 Å². The number of piperazine rings is 1. The smallest absolute Gasteiger partial charge is 0.294 e. The van der Waals surface area contributed by atoms with Crippen LogP contribution in [0.15, 0.2) is 78.6 Å². The van der Waals surface area contributed by atoms with Crippen LogP contribution < -0.4 is 19.9 Å². The maximum absolute atomic E-state index is 13.3. The molecule has 1 N–H and O–H groups in total. The maximum Gasteiger partial charge on any atom is 0.294 e. The summed E-state index contributed by atoms with van der Waals surface area (Å²) in [7, 11) is 0. The molecule has 2 aliphatic rings. The molecule has 0 saturated carbocycles. The molecule has 0 aliphatic carbocycles. The predicted molar refractivity (Wildman–Crippen MR) is 152 cm³/mol. The van der Waals surface area contributed by atoms with Crippen molar-refractivity contribution in [3.63, 3.8) is 0 Å². The van der Waals surface area contributed by atoms with Gasteiger partial charge in [-0.3, -0.25) is 19.4 Å². The molecule has 7 nitrogen and oxygen atoms in total. The van der Waals surface area contributed by atoms with Gasteiger partial charge in [0.05, 0.1) is 5.69 Å². The number of hydrogen-bond acceptors (Lipinski definition) is 5. The van der Waals surface area contributed by atoms with Crippen LogP contribution in [0, 0.1) is 0 Å². The lowest BCUT2D eigenvalue weighted by Gasteiger charge is -2.36. The molecule has 3 aromatic rings. The molecule has 0 atom stereocenters. The molecule has 196 valence electrons. The minimum absolute atomic E-state index is 0.103. The zero-order valence-electron chi connectivity index (χ0n) is 20.8. The average Bonchev–Trinajstić information content (AvgIpc) is 2.91. The minimum Gasteiger partial charge on any atom is -0.449 e. The molecule has 0 aromatic heterocycles. The molecule has 2 heterocycles. The molecule has 0 spiro atoms. The number of carbonyl (C=O) groups is 2. The summed E-state index contributed by atoms with van der Waals surface area (Å²) in [5, 5.41) is 4.27. The molecule has 2 aliphatic heterocycles. The summed E-state index contributed by atoms with van der Waals surface area (Å²) >= 11 is 12.2. The van der Waals surface area contributed by atoms with E-state index in [9.17, 15) is 9.59 Å². The Kier molecular flexibility index (Phi) is 8.17. The van der Waals surface area contributed by atoms with Crippen molar-refractivity contribution >= 4 is 52.5 Å². The van der Waals surface area contributed by atoms with Crippen LogP contribution in [0.1, 0.15) is 5.56 Å². The molecule has 3 aromatic carbocycles. The van der Waals surface area contributed by atoms with Crippen LogP contribution >= 0.6 is 23.2 Å². The number of rotatable bonds is 7. The lowest BCUT2D eigenvalue weighted by atomic mass is 10.1. The van der Waals surface area contributed by atoms with Crippen LogP contribution in [0.25, 0.3) is 6.08 Å². The number of halogens is 2. The maximum atomic E-state index is 13.3. The standard InChI is InChI=1S/C29H28Cl2N4O3/c30-22-6-3-5-21(17-22)18-27-29(37)35(25-9-1-2-10-26(25)38-27)20-28(36)32-11-12-33-13-15-34(16-14-33)24-8-4-7-23(31)19-24/h1-10,17-19H,11-16,20H2,(H,32,36)/b27-18+. The Morgan fingerprint density at radius 1 is 0.921 bits per heavy atom. The van der Waals surface area contributed by atoms with E-state index in [1.807, 2.05) is 36.4 Å². The summed E-state index contributed by atoms with van der Waals surface area (Å²) in [6.07, 6.45) is 1.64. The van der Waals surface area contributed by atoms with Gasteiger partial charge in [0.2, 0.25) is 5.91 Å². The fourth-order valence-corrected chi connectivity index (χ4v) is 5.01. The topological polar surface area (TPSA) is 65.1 Å². The highest BCUT2D eigenvalue weighted by Gasteiger charge is 2.31. The number of nitrogens with one attached hydrogen (secondary N) is 1. The van der Waals surface area contributed by atoms with Gasteiger partial charge < -0.3 is 15.0 Å². The summed E-state index contributed by atoms with van der Waals surface area (Å²) in [5.41, 5.74) is 2.43. The molecule has 2 amide bonds. The summed E-state index contributed by atoms with van der Waals surface area (Å²) in [4.78, 5) is 32.3. The van der Waals surface area contributed by atoms with Crippen molar-refractivity contribution in [1.29, 1.82) is 0 Å². The van der Waals surface area contributed by atoms with E-state index in [4.69, 9.17) is 27.9 Å². The number of benzene rings is 3. The van der Waals surface area contributed by atoms with Crippen molar-refractivity contribution in [3.05, 3.63) is 94.2 Å². The summed E-state index contributed by atoms with van der Waals surface area (Å²) in [6, 6.07) is 22.2. The van der Waals surface area contributed by atoms with E-state index >= 15 is 0 Å². The second-order valence-corrected chi connectivity index (χ2v) is 10.1. The number of anilines is 2. The van der Waals surface area contributed by atoms with Gasteiger partial charge in [-0.2, -0.15) is 0 Å². The molecule has 5 rings (SSSR count). The SMILES string of the molecule is O=C(CN1C(=O)/C(=C\c2cccc(Cl)c2)Oc2ccccc21)NCCN1CCN(c2cccc(Cl)c2)CC1. The molecule has 0 bridgehead atoms. The van der Waals surface area contributed by atoms with Gasteiger partial charge >= 0.3 is 0 Å². The van der Waals surface area contributed by atoms with Gasteiger partial charge in [0.25, 0.3) is 5.91 Å². The van der Waals surface area contributed by atoms with Crippen LogP contribution in [-0.4, -0.2) is 62.5 Å². The van der Waals surface area contributed by atoms with Crippen molar-refractivity contribution in [1.82, 2.24) is 10.2 Å². The van der Waals surface area contributed by atoms with E-state index in [0.717, 1.165) is 49.0 Å². The fraction of sp³-hybridized carbons (Fsp3) is 0.241. The first-order chi connectivity index (χ1) is 18.5. The van der Waals surface area contributed by atoms with E-state index in [0.29, 0.717) is 23.0 Å². The second-order valence-electron chi connectivity index (χ2n) is 9.18. The number of fused-ring (bicyclic) bond motifs is 1. The lowest BCUT2D eigenvalue weighted by molar-refractivity contribution is -0.123. The number of ether oxygens (including phenoxy) is 1. The van der Waals surface area contributed by atoms with Gasteiger partial charge in [0.1, 0.15) is 6.54 Å². The predicted octanol–water partition coefficient (Wildman–Crippen LogP) is 4.70. The molecule has 9 heteroatoms. The first-order valence-electron chi connectivity index (χ1n) is 12.5. The number of amides is 2. The third-order valence-electron chi connectivity index (χ3n) is 6.58. The van der Waals surface area contributed by atoms with Crippen LogP contribution in [0.5, 0.6) is 5.75 Å². The Morgan fingerprint density at radius 3 is 2.42 bits per heavy atom. The Bertz CT molecular complexity index is 1350. The zero-order chi connectivity index (χ0) is 26.5. The summed E-state index contributed by atoms with van der Waals surface area (Å²) in [6.45, 7) is 4.73. The monoisotopic (exact) mass is 550 g/mol. The van der Waals surface area contributed by atoms with Crippen molar-refractivity contribution in [3.8, 4) is 5.75 Å². The third-order valence-corrected chi connectivity index (χ3v) is 7.05. The highest BCUT2D eigenvalue weighted by Crippen LogP contribution is 2.35. The molecule has 0 unspecified atom stereocenters. The van der Waals surface area contributed by atoms with Crippen molar-refractivity contribution in [2.75, 3.05) is 55.6 Å². The van der Waals surface area contributed by atoms with E-state index < -0.39 is 0 Å². The number of hydrogen-bond donors (Lipinski definition) is 1. The number of para-hydroxylation sites is 2. The minimum atomic E-state index is -0.379. The summed E-state index contributed by atoms with van der Waals surface area (Å²) in [5.74, 6) is 0.0489. The Hall–Kier alpha value is -3.52. The van der Waals surface area contributed by atoms with Crippen molar-refractivity contribution < 1.29 is 14.3 Å². The van der Waals surface area contributed by atoms with Gasteiger partial charge in [0, 0.05) is 55.0 Å². The first-order valence-corrected chi connectivity index (χ1v) is 13.3. The van der Waals surface area contributed by atoms with Crippen molar-refractivity contribution in [2.45, 2.75) is 0 Å². The van der Waals surface area contributed by atoms with Crippen LogP contribution in [0.3, 0.4) is 0 Å². The number of nitrogens with zero attached hydrogens (tertiary/aromatic N) is 3. The van der Waals surface area contributed by atoms with Gasteiger partial charge in [-0.25, -0.2) is 0 Å². The van der Waals surface area contributed by atoms with Crippen LogP contribution in [0.2, 0.25) is 10.0 Å². The van der Waals surface area contributed by atoms with Crippen molar-refractivity contribution in [2.24, 2.45) is 0 Å². The number of carbonyl (C=O) groups excluding carboxylic acids is 2. The van der Waals surface area contributed by atoms with Crippen LogP contribution in [0.4, 0.5) is 11.4 Å². The first kappa shape index (κ1) is 26.1. The Labute approximate surface area is 232 Å². The second kappa shape index (κ2) is 11.9. The third kappa shape index (κ3) is 6.30. The molecular formula is C29H28Cl2N4O3. The fourth-order valence-electron chi connectivity index (χ4n) is 4.62. The van der Waals surface area contributed by atoms with E-state index in [2.05, 4.69) is 21.2 Å². The van der Waals surface area contributed by atoms with E-state index in [1.54, 1.807) is 36.4 Å². The van der Waals surface area contributed by atoms with E-state index in [-0.39, 0.29) is 24.1 Å². The van der Waals surface area contributed by atoms with Gasteiger partial charge in [-0.1, -0.05) is 53.5 Å². The van der Waals surface area contributed by atoms with Gasteiger partial charge in [-0.05, 0) is 54.1 Å². The van der Waals surface area contributed by atoms with Crippen LogP contribution in [-0.2, 0) is 9.59 Å². The largest absolute Gasteiger partial charge is 0.449 e. The highest BCUT2D eigenvalue weighted by molar-refractivity contribution is 6.31. The van der Waals surface area contributed by atoms with Gasteiger partial charge in [0.15, 0.2) is 11.5 Å². The quantitative estimate of drug-likeness (QED) is 0.432. The highest BCUT2D eigenvalue weighted by atomic mass is 35.5. The lowest BCUT2D eigenvalue weighted by Crippen LogP contribution is -2.49. The Balaban J connectivity index is 1.16. The Morgan fingerprint density at radius 2 is 1.66 bits per heavy atom. The molecular weight excluding hydrogens is 523 g/mol. The molecule has 1 saturated heterocycles. The van der Waals surface area contributed by atoms with E-state index in [1.165, 1.54) is 4.90 Å². The molecule has 0 radical (unpaired) electrons. The normalized spacial score (nSPS) is 16.8. The average molecular weight is 551 g/mol. The summed E-state index contributed by atoms with van der Waals surface area (Å²) < 4.78 is 5.88. The molecule has 1 fully saturated rings. The zero-order valence-corrected chi connectivity index (χ0v) is 22.3. The molecule has 38 heavy (non-hydrogen) atoms.